The summed E-state index contributed by atoms with van der Waals surface area (Å²) in [5.41, 5.74) is 3.98. The number of unbranched alkanes of at least 4 members (excludes halogenated alkanes) is 3. The molecule has 0 spiro atoms. The number of halogens is 1. The number of aromatic hydroxyl groups is 1. The van der Waals surface area contributed by atoms with E-state index in [2.05, 4.69) is 26.0 Å². The van der Waals surface area contributed by atoms with Gasteiger partial charge in [0.2, 0.25) is 0 Å². The Kier molecular flexibility index (Phi) is 6.83. The van der Waals surface area contributed by atoms with E-state index in [4.69, 9.17) is 4.42 Å². The third-order valence-corrected chi connectivity index (χ3v) is 4.53. The molecule has 3 heteroatoms. The van der Waals surface area contributed by atoms with Gasteiger partial charge in [-0.2, -0.15) is 0 Å². The lowest BCUT2D eigenvalue weighted by Gasteiger charge is -2.05. The van der Waals surface area contributed by atoms with E-state index in [1.54, 1.807) is 6.07 Å². The van der Waals surface area contributed by atoms with E-state index < -0.39 is 0 Å². The summed E-state index contributed by atoms with van der Waals surface area (Å²) in [6.45, 7) is 4.31. The van der Waals surface area contributed by atoms with E-state index in [1.807, 2.05) is 30.3 Å². The first-order chi connectivity index (χ1) is 11.7. The molecular weight excluding hydrogens is 332 g/mol. The highest BCUT2D eigenvalue weighted by atomic mass is 35.5. The van der Waals surface area contributed by atoms with Crippen LogP contribution in [0.3, 0.4) is 0 Å². The molecule has 0 aliphatic heterocycles. The smallest absolute Gasteiger partial charge is 0.364 e. The predicted molar refractivity (Wildman–Crippen MR) is 100 cm³/mol. The molecule has 3 rings (SSSR count). The molecule has 0 unspecified atom stereocenters. The number of benzene rings is 2. The fourth-order valence-electron chi connectivity index (χ4n) is 3.12. The van der Waals surface area contributed by atoms with Crippen molar-refractivity contribution in [1.82, 2.24) is 0 Å². The summed E-state index contributed by atoms with van der Waals surface area (Å²) < 4.78 is 6.05. The molecule has 1 N–H and O–H groups in total. The van der Waals surface area contributed by atoms with E-state index in [1.165, 1.54) is 24.8 Å². The summed E-state index contributed by atoms with van der Waals surface area (Å²) in [5, 5.41) is 11.4. The molecule has 1 aromatic heterocycles. The highest BCUT2D eigenvalue weighted by Crippen LogP contribution is 2.32. The zero-order chi connectivity index (χ0) is 16.9. The van der Waals surface area contributed by atoms with Crippen molar-refractivity contribution in [2.75, 3.05) is 0 Å². The summed E-state index contributed by atoms with van der Waals surface area (Å²) in [7, 11) is 0. The van der Waals surface area contributed by atoms with Crippen LogP contribution < -0.4 is 12.4 Å². The molecule has 0 aliphatic rings. The maximum absolute atomic E-state index is 10.4. The average Bonchev–Trinajstić information content (AvgIpc) is 2.60. The number of phenols is 1. The van der Waals surface area contributed by atoms with Crippen LogP contribution in [0.4, 0.5) is 0 Å². The molecule has 132 valence electrons. The molecule has 2 nitrogen and oxygen atoms in total. The van der Waals surface area contributed by atoms with E-state index in [0.717, 1.165) is 40.7 Å². The Morgan fingerprint density at radius 3 is 2.44 bits per heavy atom. The summed E-state index contributed by atoms with van der Waals surface area (Å²) in [6.07, 6.45) is 5.73. The topological polar surface area (TPSA) is 31.5 Å². The third-order valence-electron chi connectivity index (χ3n) is 4.53. The molecule has 0 aliphatic carbocycles. The second kappa shape index (κ2) is 8.87. The lowest BCUT2D eigenvalue weighted by atomic mass is 10.0. The van der Waals surface area contributed by atoms with Gasteiger partial charge in [0.15, 0.2) is 0 Å². The van der Waals surface area contributed by atoms with E-state index >= 15 is 0 Å². The van der Waals surface area contributed by atoms with Crippen molar-refractivity contribution in [2.45, 2.75) is 46.0 Å². The number of fused-ring (bicyclic) bond motifs is 1. The Morgan fingerprint density at radius 1 is 0.960 bits per heavy atom. The number of aryl methyl sites for hydroxylation is 2. The van der Waals surface area contributed by atoms with Crippen LogP contribution in [-0.2, 0) is 6.42 Å². The van der Waals surface area contributed by atoms with Gasteiger partial charge in [-0.3, -0.25) is 0 Å². The van der Waals surface area contributed by atoms with Gasteiger partial charge in [-0.15, -0.1) is 0 Å². The molecule has 1 heterocycles. The Morgan fingerprint density at radius 2 is 1.72 bits per heavy atom. The first-order valence-corrected chi connectivity index (χ1v) is 8.84. The highest BCUT2D eigenvalue weighted by molar-refractivity contribution is 5.84. The van der Waals surface area contributed by atoms with Gasteiger partial charge >= 0.3 is 11.3 Å². The minimum Gasteiger partial charge on any atom is -1.00 e. The van der Waals surface area contributed by atoms with Crippen molar-refractivity contribution >= 4 is 11.0 Å². The normalized spacial score (nSPS) is 10.6. The van der Waals surface area contributed by atoms with Crippen molar-refractivity contribution in [2.24, 2.45) is 0 Å². The average molecular weight is 357 g/mol. The number of hydrogen-bond acceptors (Lipinski definition) is 1. The standard InChI is InChI=1S/C22H24O2.ClH/c1-3-4-5-7-12-18-14-19-16(2)13-21(17-10-8-6-9-11-17)24-22(19)15-20(18)23;/h6,8-11,13-15H,3-5,7,12H2,1-2H3;1H. The van der Waals surface area contributed by atoms with Gasteiger partial charge in [0.1, 0.15) is 5.75 Å². The number of phenolic OH excluding ortho intramolecular Hbond substituents is 1. The van der Waals surface area contributed by atoms with Crippen LogP contribution in [0.5, 0.6) is 5.75 Å². The zero-order valence-electron chi connectivity index (χ0n) is 14.9. The fraction of sp³-hybridized carbons (Fsp3) is 0.318. The second-order valence-electron chi connectivity index (χ2n) is 6.45. The molecule has 0 saturated heterocycles. The highest BCUT2D eigenvalue weighted by Gasteiger charge is 2.19. The second-order valence-corrected chi connectivity index (χ2v) is 6.45. The quantitative estimate of drug-likeness (QED) is 0.541. The Bertz CT molecular complexity index is 828. The van der Waals surface area contributed by atoms with Gasteiger partial charge in [0.25, 0.3) is 0 Å². The fourth-order valence-corrected chi connectivity index (χ4v) is 3.12. The maximum atomic E-state index is 10.4. The van der Waals surface area contributed by atoms with Gasteiger partial charge in [-0.05, 0) is 49.1 Å². The monoisotopic (exact) mass is 356 g/mol. The summed E-state index contributed by atoms with van der Waals surface area (Å²) in [4.78, 5) is 0. The summed E-state index contributed by atoms with van der Waals surface area (Å²) in [6, 6.07) is 16.0. The molecule has 0 amide bonds. The third kappa shape index (κ3) is 4.52. The minimum atomic E-state index is 0. The van der Waals surface area contributed by atoms with Crippen molar-refractivity contribution in [3.05, 3.63) is 59.7 Å². The van der Waals surface area contributed by atoms with Crippen molar-refractivity contribution in [1.29, 1.82) is 0 Å². The van der Waals surface area contributed by atoms with Crippen molar-refractivity contribution < 1.29 is 21.9 Å². The zero-order valence-corrected chi connectivity index (χ0v) is 15.6. The van der Waals surface area contributed by atoms with Gasteiger partial charge in [-0.1, -0.05) is 44.4 Å². The van der Waals surface area contributed by atoms with Crippen LogP contribution in [-0.4, -0.2) is 5.11 Å². The SMILES string of the molecule is CCCCCCc1cc2c(C)cc(-c3ccccc3)[o+]c2cc1O.[Cl-]. The molecule has 0 bridgehead atoms. The lowest BCUT2D eigenvalue weighted by Crippen LogP contribution is -3.00. The van der Waals surface area contributed by atoms with Crippen molar-refractivity contribution in [3.8, 4) is 17.1 Å². The molecule has 0 saturated carbocycles. The molecule has 2 aromatic carbocycles. The van der Waals surface area contributed by atoms with Crippen LogP contribution in [0, 0.1) is 6.92 Å². The van der Waals surface area contributed by atoms with Crippen molar-refractivity contribution in [3.63, 3.8) is 0 Å². The lowest BCUT2D eigenvalue weighted by molar-refractivity contribution is -0.00000648. The van der Waals surface area contributed by atoms with Crippen LogP contribution in [0.2, 0.25) is 0 Å². The molecule has 0 atom stereocenters. The van der Waals surface area contributed by atoms with Crippen LogP contribution in [0.15, 0.2) is 52.9 Å². The Hall–Kier alpha value is -2.06. The Labute approximate surface area is 155 Å². The van der Waals surface area contributed by atoms with Crippen LogP contribution >= 0.6 is 0 Å². The van der Waals surface area contributed by atoms with Crippen LogP contribution in [0.1, 0.15) is 43.7 Å². The van der Waals surface area contributed by atoms with Gasteiger partial charge in [0.05, 0.1) is 17.0 Å². The summed E-state index contributed by atoms with van der Waals surface area (Å²) in [5.74, 6) is 1.17. The predicted octanol–water partition coefficient (Wildman–Crippen LogP) is 3.52. The maximum Gasteiger partial charge on any atom is 0.364 e. The minimum absolute atomic E-state index is 0. The molecule has 0 fully saturated rings. The number of rotatable bonds is 6. The van der Waals surface area contributed by atoms with E-state index in [0.29, 0.717) is 5.75 Å². The van der Waals surface area contributed by atoms with E-state index in [-0.39, 0.29) is 12.4 Å². The first kappa shape index (κ1) is 19.3. The van der Waals surface area contributed by atoms with Gasteiger partial charge in [-0.25, -0.2) is 4.42 Å². The molecule has 0 radical (unpaired) electrons. The first-order valence-electron chi connectivity index (χ1n) is 8.84. The van der Waals surface area contributed by atoms with E-state index in [9.17, 15) is 5.11 Å². The largest absolute Gasteiger partial charge is 1.00 e. The summed E-state index contributed by atoms with van der Waals surface area (Å²) >= 11 is 0. The molecule has 25 heavy (non-hydrogen) atoms. The van der Waals surface area contributed by atoms with Gasteiger partial charge < -0.3 is 17.5 Å². The molecule has 3 aromatic rings. The van der Waals surface area contributed by atoms with Gasteiger partial charge in [0, 0.05) is 6.07 Å². The Balaban J connectivity index is 0.00000225. The van der Waals surface area contributed by atoms with Crippen LogP contribution in [0.25, 0.3) is 22.3 Å². The molecular formula is C22H25ClO2. The number of hydrogen-bond donors (Lipinski definition) is 1.